The van der Waals surface area contributed by atoms with Crippen LogP contribution >= 0.6 is 12.4 Å². The number of halogens is 1. The molecule has 1 aliphatic heterocycles. The predicted molar refractivity (Wildman–Crippen MR) is 99.8 cm³/mol. The molecule has 1 aliphatic carbocycles. The maximum absolute atomic E-state index is 2.50. The normalized spacial score (nSPS) is 26.3. The number of nitrogens with zero attached hydrogens (tertiary/aromatic N) is 1. The monoisotopic (exact) mass is 327 g/mol. The van der Waals surface area contributed by atoms with Crippen LogP contribution in [0.5, 0.6) is 0 Å². The number of piperidine rings is 1. The summed E-state index contributed by atoms with van der Waals surface area (Å²) in [6.07, 6.45) is 1.31. The molecule has 0 radical (unpaired) electrons. The highest BCUT2D eigenvalue weighted by Gasteiger charge is 2.43. The van der Waals surface area contributed by atoms with Crippen LogP contribution in [0, 0.1) is 19.8 Å². The smallest absolute Gasteiger partial charge is 0.0127 e. The minimum Gasteiger partial charge on any atom is -0.306 e. The van der Waals surface area contributed by atoms with Gasteiger partial charge in [-0.1, -0.05) is 53.6 Å². The van der Waals surface area contributed by atoms with Crippen LogP contribution in [0.3, 0.4) is 0 Å². The van der Waals surface area contributed by atoms with Crippen LogP contribution in [0.25, 0.3) is 0 Å². The molecule has 0 amide bonds. The fourth-order valence-electron chi connectivity index (χ4n) is 4.59. The van der Waals surface area contributed by atoms with Crippen molar-refractivity contribution in [1.82, 2.24) is 4.90 Å². The Hall–Kier alpha value is -1.31. The minimum absolute atomic E-state index is 0. The summed E-state index contributed by atoms with van der Waals surface area (Å²) >= 11 is 0. The van der Waals surface area contributed by atoms with E-state index in [0.717, 1.165) is 5.92 Å². The van der Waals surface area contributed by atoms with E-state index in [9.17, 15) is 0 Å². The summed E-state index contributed by atoms with van der Waals surface area (Å²) in [7, 11) is 2.27. The van der Waals surface area contributed by atoms with Crippen molar-refractivity contribution in [1.29, 1.82) is 0 Å². The van der Waals surface area contributed by atoms with Crippen molar-refractivity contribution < 1.29 is 0 Å². The molecule has 23 heavy (non-hydrogen) atoms. The SMILES string of the molecule is Cc1ccc([C@@H]2c3cc(C)ccc3[C@H]3CN(C)CC[C@@H]23)cc1.Cl. The molecule has 1 saturated heterocycles. The molecule has 1 heterocycles. The van der Waals surface area contributed by atoms with Crippen LogP contribution in [0.1, 0.15) is 46.1 Å². The van der Waals surface area contributed by atoms with Gasteiger partial charge in [0.25, 0.3) is 0 Å². The number of likely N-dealkylation sites (N-methyl/N-ethyl adjacent to an activating group) is 1. The first-order valence-electron chi connectivity index (χ1n) is 8.49. The summed E-state index contributed by atoms with van der Waals surface area (Å²) in [5, 5.41) is 0. The summed E-state index contributed by atoms with van der Waals surface area (Å²) in [6, 6.07) is 16.4. The van der Waals surface area contributed by atoms with Gasteiger partial charge in [-0.05, 0) is 56.5 Å². The second-order valence-electron chi connectivity index (χ2n) is 7.34. The number of likely N-dealkylation sites (tertiary alicyclic amines) is 1. The van der Waals surface area contributed by atoms with Gasteiger partial charge in [0, 0.05) is 18.4 Å². The van der Waals surface area contributed by atoms with Gasteiger partial charge >= 0.3 is 0 Å². The fraction of sp³-hybridized carbons (Fsp3) is 0.429. The van der Waals surface area contributed by atoms with Crippen molar-refractivity contribution in [2.24, 2.45) is 5.92 Å². The molecule has 3 atom stereocenters. The highest BCUT2D eigenvalue weighted by Crippen LogP contribution is 2.53. The zero-order chi connectivity index (χ0) is 15.3. The molecule has 122 valence electrons. The Kier molecular flexibility index (Phi) is 4.53. The molecule has 2 aliphatic rings. The first-order valence-corrected chi connectivity index (χ1v) is 8.49. The van der Waals surface area contributed by atoms with Crippen LogP contribution < -0.4 is 0 Å². The average Bonchev–Trinajstić information content (AvgIpc) is 2.81. The zero-order valence-electron chi connectivity index (χ0n) is 14.3. The zero-order valence-corrected chi connectivity index (χ0v) is 15.1. The Bertz CT molecular complexity index is 691. The minimum atomic E-state index is 0. The van der Waals surface area contributed by atoms with Crippen molar-refractivity contribution in [3.63, 3.8) is 0 Å². The Labute approximate surface area is 146 Å². The summed E-state index contributed by atoms with van der Waals surface area (Å²) in [5.41, 5.74) is 7.45. The lowest BCUT2D eigenvalue weighted by Crippen LogP contribution is -2.36. The van der Waals surface area contributed by atoms with Gasteiger partial charge in [0.2, 0.25) is 0 Å². The Morgan fingerprint density at radius 2 is 1.61 bits per heavy atom. The third kappa shape index (κ3) is 2.81. The highest BCUT2D eigenvalue weighted by molar-refractivity contribution is 5.85. The number of hydrogen-bond acceptors (Lipinski definition) is 1. The van der Waals surface area contributed by atoms with Gasteiger partial charge in [0.15, 0.2) is 0 Å². The summed E-state index contributed by atoms with van der Waals surface area (Å²) in [6.45, 7) is 6.84. The molecule has 2 aromatic carbocycles. The lowest BCUT2D eigenvalue weighted by molar-refractivity contribution is 0.191. The molecule has 4 rings (SSSR count). The molecule has 0 N–H and O–H groups in total. The van der Waals surface area contributed by atoms with Crippen molar-refractivity contribution in [3.8, 4) is 0 Å². The van der Waals surface area contributed by atoms with Crippen LogP contribution in [-0.2, 0) is 0 Å². The maximum atomic E-state index is 2.50. The van der Waals surface area contributed by atoms with Gasteiger partial charge in [-0.25, -0.2) is 0 Å². The van der Waals surface area contributed by atoms with E-state index in [1.165, 1.54) is 36.2 Å². The first-order chi connectivity index (χ1) is 10.6. The van der Waals surface area contributed by atoms with E-state index in [0.29, 0.717) is 11.8 Å². The van der Waals surface area contributed by atoms with E-state index in [-0.39, 0.29) is 12.4 Å². The maximum Gasteiger partial charge on any atom is 0.0127 e. The lowest BCUT2D eigenvalue weighted by atomic mass is 9.78. The van der Waals surface area contributed by atoms with Crippen molar-refractivity contribution in [3.05, 3.63) is 70.3 Å². The second-order valence-corrected chi connectivity index (χ2v) is 7.34. The fourth-order valence-corrected chi connectivity index (χ4v) is 4.59. The van der Waals surface area contributed by atoms with E-state index >= 15 is 0 Å². The molecule has 2 heteroatoms. The second kappa shape index (κ2) is 6.30. The summed E-state index contributed by atoms with van der Waals surface area (Å²) in [5.74, 6) is 2.07. The Morgan fingerprint density at radius 3 is 2.35 bits per heavy atom. The number of rotatable bonds is 1. The van der Waals surface area contributed by atoms with Crippen molar-refractivity contribution in [2.75, 3.05) is 20.1 Å². The van der Waals surface area contributed by atoms with E-state index in [1.54, 1.807) is 11.1 Å². The molecular weight excluding hydrogens is 302 g/mol. The quantitative estimate of drug-likeness (QED) is 0.719. The number of hydrogen-bond donors (Lipinski definition) is 0. The van der Waals surface area contributed by atoms with Gasteiger partial charge in [0.1, 0.15) is 0 Å². The largest absolute Gasteiger partial charge is 0.306 e. The standard InChI is InChI=1S/C21H25N.ClH/c1-14-4-7-16(8-5-14)21-18-10-11-22(3)13-20(18)17-9-6-15(2)12-19(17)21;/h4-9,12,18,20-21H,10-11,13H2,1-3H3;1H/t18-,20-,21+;/m1./s1. The molecule has 2 aromatic rings. The number of aryl methyl sites for hydroxylation is 2. The molecule has 0 spiro atoms. The molecule has 0 aromatic heterocycles. The van der Waals surface area contributed by atoms with Gasteiger partial charge in [-0.2, -0.15) is 0 Å². The molecule has 0 saturated carbocycles. The first kappa shape index (κ1) is 16.5. The van der Waals surface area contributed by atoms with Crippen LogP contribution in [0.4, 0.5) is 0 Å². The topological polar surface area (TPSA) is 3.24 Å². The van der Waals surface area contributed by atoms with E-state index in [2.05, 4.69) is 68.3 Å². The van der Waals surface area contributed by atoms with Gasteiger partial charge < -0.3 is 4.90 Å². The molecule has 0 bridgehead atoms. The third-order valence-corrected chi connectivity index (χ3v) is 5.71. The molecule has 0 unspecified atom stereocenters. The molecule has 1 fully saturated rings. The van der Waals surface area contributed by atoms with Crippen LogP contribution in [-0.4, -0.2) is 25.0 Å². The van der Waals surface area contributed by atoms with Gasteiger partial charge in [0.05, 0.1) is 0 Å². The predicted octanol–water partition coefficient (Wildman–Crippen LogP) is 4.91. The summed E-state index contributed by atoms with van der Waals surface area (Å²) in [4.78, 5) is 2.50. The van der Waals surface area contributed by atoms with Crippen LogP contribution in [0.2, 0.25) is 0 Å². The number of fused-ring (bicyclic) bond motifs is 3. The van der Waals surface area contributed by atoms with E-state index in [4.69, 9.17) is 0 Å². The van der Waals surface area contributed by atoms with E-state index < -0.39 is 0 Å². The van der Waals surface area contributed by atoms with Crippen LogP contribution in [0.15, 0.2) is 42.5 Å². The van der Waals surface area contributed by atoms with Gasteiger partial charge in [-0.3, -0.25) is 0 Å². The average molecular weight is 328 g/mol. The Balaban J connectivity index is 0.00000156. The summed E-state index contributed by atoms with van der Waals surface area (Å²) < 4.78 is 0. The van der Waals surface area contributed by atoms with Crippen molar-refractivity contribution >= 4 is 12.4 Å². The third-order valence-electron chi connectivity index (χ3n) is 5.71. The molecule has 1 nitrogen and oxygen atoms in total. The highest BCUT2D eigenvalue weighted by atomic mass is 35.5. The molecular formula is C21H26ClN. The van der Waals surface area contributed by atoms with Crippen molar-refractivity contribution in [2.45, 2.75) is 32.1 Å². The Morgan fingerprint density at radius 1 is 0.913 bits per heavy atom. The lowest BCUT2D eigenvalue weighted by Gasteiger charge is -2.35. The van der Waals surface area contributed by atoms with Gasteiger partial charge in [-0.15, -0.1) is 12.4 Å². The van der Waals surface area contributed by atoms with E-state index in [1.807, 2.05) is 0 Å². The number of benzene rings is 2.